The Hall–Kier alpha value is -3.84. The summed E-state index contributed by atoms with van der Waals surface area (Å²) in [6.45, 7) is 13.6. The van der Waals surface area contributed by atoms with Crippen LogP contribution in [0.3, 0.4) is 0 Å². The zero-order chi connectivity index (χ0) is 25.9. The summed E-state index contributed by atoms with van der Waals surface area (Å²) in [5, 5.41) is 6.46. The van der Waals surface area contributed by atoms with E-state index < -0.39 is 0 Å². The molecule has 0 radical (unpaired) electrons. The highest BCUT2D eigenvalue weighted by Gasteiger charge is 2.20. The molecule has 0 aliphatic carbocycles. The molecule has 0 aliphatic rings. The summed E-state index contributed by atoms with van der Waals surface area (Å²) in [6, 6.07) is 36.1. The van der Waals surface area contributed by atoms with Crippen LogP contribution in [0, 0.1) is 0 Å². The monoisotopic (exact) mass is 481 g/mol. The Kier molecular flexibility index (Phi) is 5.31. The molecule has 37 heavy (non-hydrogen) atoms. The molecule has 0 fully saturated rings. The number of hydrogen-bond donors (Lipinski definition) is 1. The first-order valence-corrected chi connectivity index (χ1v) is 13.3. The van der Waals surface area contributed by atoms with Crippen molar-refractivity contribution in [1.29, 1.82) is 0 Å². The molecular formula is C36H35N. The minimum Gasteiger partial charge on any atom is -0.354 e. The van der Waals surface area contributed by atoms with Gasteiger partial charge in [0.1, 0.15) is 0 Å². The standard InChI is InChI=1S/C36H35N/c1-35(2,3)26-16-11-24(12-17-26)32-33-30-20-15-23-9-7-8-10-28(23)29(30)21-22-31(33)37-34(32)25-13-18-27(19-14-25)36(4,5)6/h7-22,37H,1-6H3. The summed E-state index contributed by atoms with van der Waals surface area (Å²) in [5.41, 5.74) is 9.04. The zero-order valence-corrected chi connectivity index (χ0v) is 22.7. The number of H-pyrrole nitrogens is 1. The smallest absolute Gasteiger partial charge is 0.0544 e. The highest BCUT2D eigenvalue weighted by molar-refractivity contribution is 6.22. The van der Waals surface area contributed by atoms with Crippen molar-refractivity contribution in [3.8, 4) is 22.4 Å². The Morgan fingerprint density at radius 1 is 0.486 bits per heavy atom. The van der Waals surface area contributed by atoms with Crippen LogP contribution in [0.15, 0.2) is 97.1 Å². The molecule has 0 unspecified atom stereocenters. The first-order chi connectivity index (χ1) is 17.6. The van der Waals surface area contributed by atoms with Gasteiger partial charge in [-0.2, -0.15) is 0 Å². The summed E-state index contributed by atoms with van der Waals surface area (Å²) in [5.74, 6) is 0. The van der Waals surface area contributed by atoms with E-state index in [9.17, 15) is 0 Å². The van der Waals surface area contributed by atoms with Gasteiger partial charge in [-0.1, -0.05) is 133 Å². The van der Waals surface area contributed by atoms with E-state index in [1.807, 2.05) is 0 Å². The van der Waals surface area contributed by atoms with Crippen molar-refractivity contribution in [3.05, 3.63) is 108 Å². The molecule has 0 spiro atoms. The third kappa shape index (κ3) is 4.03. The van der Waals surface area contributed by atoms with Crippen molar-refractivity contribution in [2.75, 3.05) is 0 Å². The van der Waals surface area contributed by atoms with Gasteiger partial charge in [-0.15, -0.1) is 0 Å². The topological polar surface area (TPSA) is 15.8 Å². The SMILES string of the molecule is CC(C)(C)c1ccc(-c2[nH]c3ccc4c5ccccc5ccc4c3c2-c2ccc(C(C)(C)C)cc2)cc1. The van der Waals surface area contributed by atoms with Gasteiger partial charge in [-0.25, -0.2) is 0 Å². The fourth-order valence-corrected chi connectivity index (χ4v) is 5.56. The molecule has 1 aromatic heterocycles. The fourth-order valence-electron chi connectivity index (χ4n) is 5.56. The lowest BCUT2D eigenvalue weighted by atomic mass is 9.85. The number of hydrogen-bond acceptors (Lipinski definition) is 0. The molecular weight excluding hydrogens is 446 g/mol. The van der Waals surface area contributed by atoms with Crippen LogP contribution in [-0.4, -0.2) is 4.98 Å². The fraction of sp³-hybridized carbons (Fsp3) is 0.222. The normalized spacial score (nSPS) is 12.6. The molecule has 0 saturated carbocycles. The van der Waals surface area contributed by atoms with E-state index in [0.29, 0.717) is 0 Å². The van der Waals surface area contributed by atoms with Crippen LogP contribution in [0.2, 0.25) is 0 Å². The number of benzene rings is 5. The van der Waals surface area contributed by atoms with Crippen molar-refractivity contribution in [1.82, 2.24) is 4.98 Å². The molecule has 0 saturated heterocycles. The zero-order valence-electron chi connectivity index (χ0n) is 22.7. The molecule has 6 rings (SSSR count). The molecule has 184 valence electrons. The average Bonchev–Trinajstić information content (AvgIpc) is 3.28. The molecule has 0 atom stereocenters. The van der Waals surface area contributed by atoms with Crippen molar-refractivity contribution >= 4 is 32.4 Å². The molecule has 6 aromatic rings. The Bertz CT molecular complexity index is 1750. The predicted molar refractivity (Wildman–Crippen MR) is 162 cm³/mol. The Morgan fingerprint density at radius 3 is 1.68 bits per heavy atom. The van der Waals surface area contributed by atoms with E-state index in [1.54, 1.807) is 0 Å². The van der Waals surface area contributed by atoms with Gasteiger partial charge in [0.25, 0.3) is 0 Å². The Balaban J connectivity index is 1.66. The van der Waals surface area contributed by atoms with Crippen LogP contribution in [0.1, 0.15) is 52.7 Å². The van der Waals surface area contributed by atoms with E-state index in [0.717, 1.165) is 0 Å². The molecule has 1 heterocycles. The van der Waals surface area contributed by atoms with E-state index in [4.69, 9.17) is 0 Å². The van der Waals surface area contributed by atoms with Crippen LogP contribution in [-0.2, 0) is 10.8 Å². The van der Waals surface area contributed by atoms with Gasteiger partial charge in [-0.3, -0.25) is 0 Å². The van der Waals surface area contributed by atoms with Crippen LogP contribution in [0.5, 0.6) is 0 Å². The number of rotatable bonds is 2. The maximum absolute atomic E-state index is 3.82. The van der Waals surface area contributed by atoms with E-state index >= 15 is 0 Å². The van der Waals surface area contributed by atoms with E-state index in [2.05, 4.69) is 144 Å². The lowest BCUT2D eigenvalue weighted by Crippen LogP contribution is -2.10. The van der Waals surface area contributed by atoms with Crippen molar-refractivity contribution in [2.24, 2.45) is 0 Å². The van der Waals surface area contributed by atoms with Crippen LogP contribution >= 0.6 is 0 Å². The van der Waals surface area contributed by atoms with Gasteiger partial charge in [0.2, 0.25) is 0 Å². The lowest BCUT2D eigenvalue weighted by molar-refractivity contribution is 0.590. The summed E-state index contributed by atoms with van der Waals surface area (Å²) < 4.78 is 0. The third-order valence-electron chi connectivity index (χ3n) is 7.76. The highest BCUT2D eigenvalue weighted by atomic mass is 14.7. The maximum Gasteiger partial charge on any atom is 0.0544 e. The first kappa shape index (κ1) is 23.6. The molecule has 5 aromatic carbocycles. The maximum atomic E-state index is 3.82. The number of aromatic amines is 1. The second-order valence-electron chi connectivity index (χ2n) is 12.4. The van der Waals surface area contributed by atoms with Gasteiger partial charge >= 0.3 is 0 Å². The summed E-state index contributed by atoms with van der Waals surface area (Å²) in [6.07, 6.45) is 0. The van der Waals surface area contributed by atoms with Gasteiger partial charge in [0.15, 0.2) is 0 Å². The predicted octanol–water partition coefficient (Wildman–Crippen LogP) is 10.4. The van der Waals surface area contributed by atoms with E-state index in [1.165, 1.54) is 66.0 Å². The second-order valence-corrected chi connectivity index (χ2v) is 12.4. The molecule has 1 N–H and O–H groups in total. The van der Waals surface area contributed by atoms with Gasteiger partial charge in [-0.05, 0) is 60.7 Å². The van der Waals surface area contributed by atoms with Gasteiger partial charge in [0, 0.05) is 16.5 Å². The van der Waals surface area contributed by atoms with Gasteiger partial charge < -0.3 is 4.98 Å². The number of nitrogens with one attached hydrogen (secondary N) is 1. The van der Waals surface area contributed by atoms with Crippen molar-refractivity contribution in [2.45, 2.75) is 52.4 Å². The Morgan fingerprint density at radius 2 is 1.05 bits per heavy atom. The summed E-state index contributed by atoms with van der Waals surface area (Å²) in [4.78, 5) is 3.82. The molecule has 1 heteroatoms. The third-order valence-corrected chi connectivity index (χ3v) is 7.76. The summed E-state index contributed by atoms with van der Waals surface area (Å²) in [7, 11) is 0. The number of fused-ring (bicyclic) bond motifs is 5. The molecule has 0 bridgehead atoms. The average molecular weight is 482 g/mol. The van der Waals surface area contributed by atoms with E-state index in [-0.39, 0.29) is 10.8 Å². The largest absolute Gasteiger partial charge is 0.354 e. The van der Waals surface area contributed by atoms with Crippen LogP contribution in [0.25, 0.3) is 54.8 Å². The van der Waals surface area contributed by atoms with Gasteiger partial charge in [0.05, 0.1) is 5.69 Å². The second kappa shape index (κ2) is 8.35. The van der Waals surface area contributed by atoms with Crippen molar-refractivity contribution in [3.63, 3.8) is 0 Å². The molecule has 1 nitrogen and oxygen atoms in total. The minimum absolute atomic E-state index is 0.121. The van der Waals surface area contributed by atoms with Crippen LogP contribution in [0.4, 0.5) is 0 Å². The quantitative estimate of drug-likeness (QED) is 0.237. The lowest BCUT2D eigenvalue weighted by Gasteiger charge is -2.20. The van der Waals surface area contributed by atoms with Crippen molar-refractivity contribution < 1.29 is 0 Å². The first-order valence-electron chi connectivity index (χ1n) is 13.3. The highest BCUT2D eigenvalue weighted by Crippen LogP contribution is 2.43. The summed E-state index contributed by atoms with van der Waals surface area (Å²) >= 11 is 0. The van der Waals surface area contributed by atoms with Crippen LogP contribution < -0.4 is 0 Å². The molecule has 0 amide bonds. The Labute approximate surface area is 220 Å². The number of aromatic nitrogens is 1. The minimum atomic E-state index is 0.121. The molecule has 0 aliphatic heterocycles.